The van der Waals surface area contributed by atoms with Crippen molar-refractivity contribution in [2.45, 2.75) is 51.3 Å². The molecule has 5 heteroatoms. The third-order valence-corrected chi connectivity index (χ3v) is 5.07. The average molecular weight is 313 g/mol. The summed E-state index contributed by atoms with van der Waals surface area (Å²) in [6.07, 6.45) is 7.10. The second-order valence-corrected chi connectivity index (χ2v) is 6.75. The van der Waals surface area contributed by atoms with Gasteiger partial charge in [-0.25, -0.2) is 4.98 Å². The summed E-state index contributed by atoms with van der Waals surface area (Å²) in [7, 11) is 0. The zero-order chi connectivity index (χ0) is 15.8. The predicted molar refractivity (Wildman–Crippen MR) is 88.6 cm³/mol. The van der Waals surface area contributed by atoms with E-state index in [9.17, 15) is 4.79 Å². The molecule has 23 heavy (non-hydrogen) atoms. The minimum absolute atomic E-state index is 0.00199. The fourth-order valence-corrected chi connectivity index (χ4v) is 3.92. The van der Waals surface area contributed by atoms with Gasteiger partial charge in [0.1, 0.15) is 5.65 Å². The number of aryl methyl sites for hydroxylation is 1. The second kappa shape index (κ2) is 6.06. The highest BCUT2D eigenvalue weighted by Crippen LogP contribution is 2.29. The predicted octanol–water partition coefficient (Wildman–Crippen LogP) is 2.15. The molecule has 0 spiro atoms. The Kier molecular flexibility index (Phi) is 3.91. The minimum Gasteiger partial charge on any atom is -0.375 e. The molecular weight excluding hydrogens is 290 g/mol. The second-order valence-electron chi connectivity index (χ2n) is 6.75. The van der Waals surface area contributed by atoms with Gasteiger partial charge in [0, 0.05) is 31.4 Å². The highest BCUT2D eigenvalue weighted by molar-refractivity contribution is 5.39. The van der Waals surface area contributed by atoms with Crippen LogP contribution >= 0.6 is 0 Å². The summed E-state index contributed by atoms with van der Waals surface area (Å²) in [5.74, 6) is 0. The maximum atomic E-state index is 12.4. The molecule has 1 saturated carbocycles. The van der Waals surface area contributed by atoms with E-state index in [1.807, 2.05) is 25.3 Å². The third kappa shape index (κ3) is 2.91. The molecule has 0 radical (unpaired) electrons. The Bertz CT molecular complexity index is 768. The zero-order valence-corrected chi connectivity index (χ0v) is 13.6. The van der Waals surface area contributed by atoms with Crippen LogP contribution in [-0.4, -0.2) is 39.6 Å². The van der Waals surface area contributed by atoms with Crippen molar-refractivity contribution in [3.05, 3.63) is 46.0 Å². The van der Waals surface area contributed by atoms with E-state index in [2.05, 4.69) is 9.88 Å². The van der Waals surface area contributed by atoms with Crippen molar-refractivity contribution in [2.75, 3.05) is 13.2 Å². The Labute approximate surface area is 135 Å². The van der Waals surface area contributed by atoms with E-state index < -0.39 is 0 Å². The highest BCUT2D eigenvalue weighted by atomic mass is 16.5. The lowest BCUT2D eigenvalue weighted by molar-refractivity contribution is -0.0914. The van der Waals surface area contributed by atoms with Crippen molar-refractivity contribution < 1.29 is 4.74 Å². The molecule has 2 aromatic heterocycles. The van der Waals surface area contributed by atoms with Crippen molar-refractivity contribution in [1.29, 1.82) is 0 Å². The lowest BCUT2D eigenvalue weighted by Gasteiger charge is -2.43. The zero-order valence-electron chi connectivity index (χ0n) is 13.6. The van der Waals surface area contributed by atoms with Gasteiger partial charge in [-0.1, -0.05) is 18.9 Å². The van der Waals surface area contributed by atoms with E-state index in [0.29, 0.717) is 12.1 Å². The lowest BCUT2D eigenvalue weighted by atomic mass is 9.90. The van der Waals surface area contributed by atoms with E-state index >= 15 is 0 Å². The molecule has 3 heterocycles. The monoisotopic (exact) mass is 313 g/mol. The molecule has 2 aromatic rings. The van der Waals surface area contributed by atoms with Crippen LogP contribution in [0.2, 0.25) is 0 Å². The fourth-order valence-electron chi connectivity index (χ4n) is 3.92. The summed E-state index contributed by atoms with van der Waals surface area (Å²) in [6.45, 7) is 4.43. The molecule has 5 nitrogen and oxygen atoms in total. The Morgan fingerprint density at radius 3 is 3.09 bits per heavy atom. The lowest BCUT2D eigenvalue weighted by Crippen LogP contribution is -2.52. The first-order valence-electron chi connectivity index (χ1n) is 8.55. The van der Waals surface area contributed by atoms with Gasteiger partial charge in [-0.05, 0) is 31.4 Å². The molecule has 2 aliphatic rings. The van der Waals surface area contributed by atoms with Crippen molar-refractivity contribution in [1.82, 2.24) is 14.3 Å². The van der Waals surface area contributed by atoms with Gasteiger partial charge in [-0.3, -0.25) is 14.1 Å². The summed E-state index contributed by atoms with van der Waals surface area (Å²) < 4.78 is 7.56. The molecule has 1 aliphatic heterocycles. The smallest absolute Gasteiger partial charge is 0.258 e. The van der Waals surface area contributed by atoms with Crippen molar-refractivity contribution >= 4 is 5.65 Å². The first-order chi connectivity index (χ1) is 11.2. The highest BCUT2D eigenvalue weighted by Gasteiger charge is 2.34. The number of morpholine rings is 1. The van der Waals surface area contributed by atoms with Gasteiger partial charge in [-0.2, -0.15) is 0 Å². The fraction of sp³-hybridized carbons (Fsp3) is 0.556. The van der Waals surface area contributed by atoms with Crippen LogP contribution in [0.5, 0.6) is 0 Å². The van der Waals surface area contributed by atoms with E-state index in [1.54, 1.807) is 10.5 Å². The van der Waals surface area contributed by atoms with Gasteiger partial charge >= 0.3 is 0 Å². The van der Waals surface area contributed by atoms with Gasteiger partial charge in [0.25, 0.3) is 5.56 Å². The molecule has 2 fully saturated rings. The molecule has 4 rings (SSSR count). The van der Waals surface area contributed by atoms with Gasteiger partial charge in [0.05, 0.1) is 18.4 Å². The summed E-state index contributed by atoms with van der Waals surface area (Å²) in [4.78, 5) is 19.5. The Morgan fingerprint density at radius 1 is 1.30 bits per heavy atom. The molecule has 0 unspecified atom stereocenters. The van der Waals surface area contributed by atoms with Crippen LogP contribution < -0.4 is 5.56 Å². The summed E-state index contributed by atoms with van der Waals surface area (Å²) in [6, 6.07) is 6.08. The molecule has 0 N–H and O–H groups in total. The number of hydrogen-bond acceptors (Lipinski definition) is 4. The molecule has 2 atom stereocenters. The third-order valence-electron chi connectivity index (χ3n) is 5.07. The normalized spacial score (nSPS) is 25.4. The minimum atomic E-state index is 0.00199. The molecule has 1 aliphatic carbocycles. The van der Waals surface area contributed by atoms with Gasteiger partial charge in [-0.15, -0.1) is 0 Å². The average Bonchev–Trinajstić information content (AvgIpc) is 2.56. The standard InChI is InChI=1S/C18H23N3O2/c1-13-6-7-17-19-14(10-18(22)21(17)11-13)12-20-8-9-23-16-5-3-2-4-15(16)20/h6-7,10-11,15-16H,2-5,8-9,12H2,1H3/t15-,16+/m1/s1. The van der Waals surface area contributed by atoms with Crippen molar-refractivity contribution in [3.8, 4) is 0 Å². The maximum Gasteiger partial charge on any atom is 0.258 e. The summed E-state index contributed by atoms with van der Waals surface area (Å²) in [5, 5.41) is 0. The SMILES string of the molecule is Cc1ccc2nc(CN3CCO[C@H]4CCCC[C@H]43)cc(=O)n2c1. The van der Waals surface area contributed by atoms with E-state index in [4.69, 9.17) is 4.74 Å². The molecule has 0 amide bonds. The maximum absolute atomic E-state index is 12.4. The van der Waals surface area contributed by atoms with Crippen LogP contribution in [-0.2, 0) is 11.3 Å². The first kappa shape index (κ1) is 14.8. The van der Waals surface area contributed by atoms with E-state index in [-0.39, 0.29) is 5.56 Å². The number of aromatic nitrogens is 2. The van der Waals surface area contributed by atoms with Crippen LogP contribution in [0.15, 0.2) is 29.2 Å². The Balaban J connectivity index is 1.62. The number of nitrogens with zero attached hydrogens (tertiary/aromatic N) is 3. The van der Waals surface area contributed by atoms with Gasteiger partial charge in [0.2, 0.25) is 0 Å². The Morgan fingerprint density at radius 2 is 2.17 bits per heavy atom. The summed E-state index contributed by atoms with van der Waals surface area (Å²) in [5.41, 5.74) is 2.66. The van der Waals surface area contributed by atoms with E-state index in [1.165, 1.54) is 19.3 Å². The van der Waals surface area contributed by atoms with Crippen molar-refractivity contribution in [2.24, 2.45) is 0 Å². The van der Waals surface area contributed by atoms with Crippen molar-refractivity contribution in [3.63, 3.8) is 0 Å². The number of ether oxygens (including phenoxy) is 1. The molecule has 1 saturated heterocycles. The number of fused-ring (bicyclic) bond motifs is 2. The number of rotatable bonds is 2. The first-order valence-corrected chi connectivity index (χ1v) is 8.55. The quantitative estimate of drug-likeness (QED) is 0.852. The molecule has 0 aromatic carbocycles. The van der Waals surface area contributed by atoms with Gasteiger partial charge < -0.3 is 4.74 Å². The Hall–Kier alpha value is -1.72. The topological polar surface area (TPSA) is 46.8 Å². The number of pyridine rings is 1. The van der Waals surface area contributed by atoms with Crippen LogP contribution in [0.3, 0.4) is 0 Å². The number of hydrogen-bond donors (Lipinski definition) is 0. The van der Waals surface area contributed by atoms with Crippen LogP contribution in [0, 0.1) is 6.92 Å². The van der Waals surface area contributed by atoms with Gasteiger partial charge in [0.15, 0.2) is 0 Å². The van der Waals surface area contributed by atoms with Crippen LogP contribution in [0.1, 0.15) is 36.9 Å². The summed E-state index contributed by atoms with van der Waals surface area (Å²) >= 11 is 0. The van der Waals surface area contributed by atoms with Crippen LogP contribution in [0.4, 0.5) is 0 Å². The largest absolute Gasteiger partial charge is 0.375 e. The van der Waals surface area contributed by atoms with Crippen LogP contribution in [0.25, 0.3) is 5.65 Å². The molecule has 0 bridgehead atoms. The molecular formula is C18H23N3O2. The molecule has 122 valence electrons. The van der Waals surface area contributed by atoms with E-state index in [0.717, 1.165) is 43.0 Å².